The third kappa shape index (κ3) is 6.32. The highest BCUT2D eigenvalue weighted by atomic mass is 28.4. The monoisotopic (exact) mass is 538 g/mol. The summed E-state index contributed by atoms with van der Waals surface area (Å²) < 4.78 is 20.3. The Bertz CT molecular complexity index is 919. The van der Waals surface area contributed by atoms with Crippen molar-refractivity contribution in [2.45, 2.75) is 109 Å². The van der Waals surface area contributed by atoms with E-state index in [1.165, 1.54) is 10.4 Å². The van der Waals surface area contributed by atoms with E-state index in [1.54, 1.807) is 0 Å². The average molecular weight is 539 g/mol. The van der Waals surface area contributed by atoms with Gasteiger partial charge >= 0.3 is 0 Å². The molecule has 0 aliphatic carbocycles. The van der Waals surface area contributed by atoms with E-state index in [2.05, 4.69) is 129 Å². The van der Waals surface area contributed by atoms with Crippen molar-refractivity contribution in [2.75, 3.05) is 6.61 Å². The highest BCUT2D eigenvalue weighted by Crippen LogP contribution is 2.44. The summed E-state index contributed by atoms with van der Waals surface area (Å²) in [4.78, 5) is 0. The minimum absolute atomic E-state index is 0.0221. The summed E-state index contributed by atoms with van der Waals surface area (Å²) in [5.74, 6) is 0. The number of hydrogen-bond acceptors (Lipinski definition) is 3. The van der Waals surface area contributed by atoms with Gasteiger partial charge in [0.25, 0.3) is 8.32 Å². The highest BCUT2D eigenvalue weighted by molar-refractivity contribution is 6.99. The lowest BCUT2D eigenvalue weighted by Crippen LogP contribution is -2.66. The highest BCUT2D eigenvalue weighted by Gasteiger charge is 2.50. The largest absolute Gasteiger partial charge is 0.498 e. The van der Waals surface area contributed by atoms with Crippen LogP contribution in [0.2, 0.25) is 21.7 Å². The lowest BCUT2D eigenvalue weighted by Gasteiger charge is -2.45. The SMILES string of the molecule is CC(C)[Si](O[C@H]1C=CO[C@H](CCO[Si](c2ccccc2)(c2ccccc2)C(C)(C)C)C1)(C(C)C)C(C)C. The zero-order chi connectivity index (χ0) is 27.3. The molecule has 0 fully saturated rings. The summed E-state index contributed by atoms with van der Waals surface area (Å²) in [5, 5.41) is 2.62. The van der Waals surface area contributed by atoms with Gasteiger partial charge in [-0.3, -0.25) is 0 Å². The number of hydrogen-bond donors (Lipinski definition) is 0. The molecular formula is C32H50O3Si2. The maximum atomic E-state index is 7.12. The molecule has 0 amide bonds. The van der Waals surface area contributed by atoms with E-state index in [-0.39, 0.29) is 17.2 Å². The summed E-state index contributed by atoms with van der Waals surface area (Å²) in [6.07, 6.45) is 5.98. The van der Waals surface area contributed by atoms with Crippen LogP contribution in [0.15, 0.2) is 73.0 Å². The molecule has 0 saturated heterocycles. The zero-order valence-electron chi connectivity index (χ0n) is 24.7. The lowest BCUT2D eigenvalue weighted by atomic mass is 10.1. The molecule has 0 unspecified atom stereocenters. The third-order valence-corrected chi connectivity index (χ3v) is 19.5. The van der Waals surface area contributed by atoms with Crippen molar-refractivity contribution in [3.05, 3.63) is 73.0 Å². The third-order valence-electron chi connectivity index (χ3n) is 8.30. The van der Waals surface area contributed by atoms with E-state index in [4.69, 9.17) is 13.6 Å². The Morgan fingerprint density at radius 3 is 1.73 bits per heavy atom. The Kier molecular flexibility index (Phi) is 10.1. The quantitative estimate of drug-likeness (QED) is 0.273. The molecular weight excluding hydrogens is 489 g/mol. The molecule has 5 heteroatoms. The van der Waals surface area contributed by atoms with E-state index >= 15 is 0 Å². The van der Waals surface area contributed by atoms with Gasteiger partial charge in [0.15, 0.2) is 0 Å². The zero-order valence-corrected chi connectivity index (χ0v) is 26.7. The topological polar surface area (TPSA) is 27.7 Å². The van der Waals surface area contributed by atoms with Crippen molar-refractivity contribution in [3.8, 4) is 0 Å². The normalized spacial score (nSPS) is 19.0. The molecule has 2 aromatic rings. The van der Waals surface area contributed by atoms with E-state index in [9.17, 15) is 0 Å². The second kappa shape index (κ2) is 12.5. The van der Waals surface area contributed by atoms with Crippen LogP contribution in [-0.4, -0.2) is 35.4 Å². The van der Waals surface area contributed by atoms with Gasteiger partial charge in [-0.1, -0.05) is 123 Å². The molecule has 204 valence electrons. The molecule has 1 aliphatic rings. The van der Waals surface area contributed by atoms with Crippen LogP contribution in [0.1, 0.15) is 75.2 Å². The van der Waals surface area contributed by atoms with Gasteiger partial charge in [-0.25, -0.2) is 0 Å². The molecule has 0 spiro atoms. The molecule has 3 rings (SSSR count). The van der Waals surface area contributed by atoms with E-state index in [0.717, 1.165) is 12.8 Å². The van der Waals surface area contributed by atoms with Crippen molar-refractivity contribution in [2.24, 2.45) is 0 Å². The van der Waals surface area contributed by atoms with Crippen LogP contribution in [0.5, 0.6) is 0 Å². The minimum atomic E-state index is -2.53. The van der Waals surface area contributed by atoms with Crippen LogP contribution in [0.3, 0.4) is 0 Å². The first-order chi connectivity index (χ1) is 17.4. The standard InChI is InChI=1S/C32H50O3Si2/c1-25(2)36(26(3)4,27(5)6)35-29-20-22-33-28(24-29)21-23-34-37(32(7,8)9,30-16-12-10-13-17-30)31-18-14-11-15-19-31/h10-20,22,25-29H,21,23-24H2,1-9H3/t28-,29+/m1/s1. The van der Waals surface area contributed by atoms with Crippen molar-refractivity contribution in [1.29, 1.82) is 0 Å². The molecule has 2 aromatic carbocycles. The lowest BCUT2D eigenvalue weighted by molar-refractivity contribution is 0.0514. The van der Waals surface area contributed by atoms with Crippen molar-refractivity contribution < 1.29 is 13.6 Å². The first-order valence-corrected chi connectivity index (χ1v) is 18.2. The number of benzene rings is 2. The van der Waals surface area contributed by atoms with Crippen LogP contribution >= 0.6 is 0 Å². The number of rotatable bonds is 11. The van der Waals surface area contributed by atoms with Crippen molar-refractivity contribution in [1.82, 2.24) is 0 Å². The first-order valence-electron chi connectivity index (χ1n) is 14.2. The molecule has 0 aromatic heterocycles. The maximum Gasteiger partial charge on any atom is 0.261 e. The molecule has 37 heavy (non-hydrogen) atoms. The van der Waals surface area contributed by atoms with Crippen molar-refractivity contribution in [3.63, 3.8) is 0 Å². The van der Waals surface area contributed by atoms with Gasteiger partial charge in [0.2, 0.25) is 8.32 Å². The van der Waals surface area contributed by atoms with E-state index < -0.39 is 16.6 Å². The molecule has 0 bridgehead atoms. The molecule has 3 nitrogen and oxygen atoms in total. The van der Waals surface area contributed by atoms with E-state index in [1.807, 2.05) is 6.26 Å². The van der Waals surface area contributed by atoms with Gasteiger partial charge in [-0.2, -0.15) is 0 Å². The summed E-state index contributed by atoms with van der Waals surface area (Å²) in [6, 6.07) is 21.7. The van der Waals surface area contributed by atoms with E-state index in [0.29, 0.717) is 23.2 Å². The second-order valence-corrected chi connectivity index (χ2v) is 22.3. The van der Waals surface area contributed by atoms with Crippen LogP contribution < -0.4 is 10.4 Å². The fourth-order valence-electron chi connectivity index (χ4n) is 6.69. The Morgan fingerprint density at radius 1 is 0.811 bits per heavy atom. The molecule has 0 saturated carbocycles. The number of ether oxygens (including phenoxy) is 1. The van der Waals surface area contributed by atoms with Crippen LogP contribution in [-0.2, 0) is 13.6 Å². The van der Waals surface area contributed by atoms with Gasteiger partial charge in [-0.15, -0.1) is 0 Å². The van der Waals surface area contributed by atoms with Gasteiger partial charge < -0.3 is 13.6 Å². The van der Waals surface area contributed by atoms with Gasteiger partial charge in [-0.05, 0) is 38.1 Å². The Labute approximate surface area is 228 Å². The predicted molar refractivity (Wildman–Crippen MR) is 163 cm³/mol. The van der Waals surface area contributed by atoms with Gasteiger partial charge in [0.1, 0.15) is 6.10 Å². The van der Waals surface area contributed by atoms with Crippen molar-refractivity contribution >= 4 is 27.0 Å². The fraction of sp³-hybridized carbons (Fsp3) is 0.562. The van der Waals surface area contributed by atoms with Crippen LogP contribution in [0, 0.1) is 0 Å². The minimum Gasteiger partial charge on any atom is -0.498 e. The first kappa shape index (κ1) is 29.9. The Hall–Kier alpha value is -1.67. The summed E-state index contributed by atoms with van der Waals surface area (Å²) in [6.45, 7) is 21.8. The fourth-order valence-corrected chi connectivity index (χ4v) is 16.8. The molecule has 0 radical (unpaired) electrons. The molecule has 1 aliphatic heterocycles. The van der Waals surface area contributed by atoms with Gasteiger partial charge in [0.05, 0.1) is 12.4 Å². The molecule has 2 atom stereocenters. The molecule has 1 heterocycles. The van der Waals surface area contributed by atoms with Crippen LogP contribution in [0.4, 0.5) is 0 Å². The van der Waals surface area contributed by atoms with Crippen LogP contribution in [0.25, 0.3) is 0 Å². The Balaban J connectivity index is 1.78. The Morgan fingerprint density at radius 2 is 1.30 bits per heavy atom. The van der Waals surface area contributed by atoms with Gasteiger partial charge in [0, 0.05) is 19.4 Å². The predicted octanol–water partition coefficient (Wildman–Crippen LogP) is 7.82. The smallest absolute Gasteiger partial charge is 0.261 e. The molecule has 0 N–H and O–H groups in total. The average Bonchev–Trinajstić information content (AvgIpc) is 2.85. The summed E-state index contributed by atoms with van der Waals surface area (Å²) in [7, 11) is -4.48. The summed E-state index contributed by atoms with van der Waals surface area (Å²) >= 11 is 0. The second-order valence-electron chi connectivity index (χ2n) is 12.6. The summed E-state index contributed by atoms with van der Waals surface area (Å²) in [5.41, 5.74) is 1.71. The maximum absolute atomic E-state index is 7.12.